The van der Waals surface area contributed by atoms with Gasteiger partial charge in [-0.2, -0.15) is 0 Å². The van der Waals surface area contributed by atoms with Crippen LogP contribution in [0.5, 0.6) is 5.75 Å². The number of carbonyl (C=O) groups excluding carboxylic acids is 2. The predicted molar refractivity (Wildman–Crippen MR) is 90.2 cm³/mol. The Morgan fingerprint density at radius 1 is 1.29 bits per heavy atom. The van der Waals surface area contributed by atoms with Gasteiger partial charge in [-0.15, -0.1) is 0 Å². The van der Waals surface area contributed by atoms with Gasteiger partial charge in [0.05, 0.1) is 6.61 Å². The van der Waals surface area contributed by atoms with Crippen LogP contribution >= 0.6 is 0 Å². The molecule has 1 N–H and O–H groups in total. The summed E-state index contributed by atoms with van der Waals surface area (Å²) < 4.78 is 11.2. The Morgan fingerprint density at radius 3 is 2.75 bits per heavy atom. The normalized spacial score (nSPS) is 17.6. The van der Waals surface area contributed by atoms with Crippen molar-refractivity contribution in [2.24, 2.45) is 5.92 Å². The number of anilines is 1. The van der Waals surface area contributed by atoms with Crippen molar-refractivity contribution in [3.8, 4) is 5.75 Å². The first-order valence-electron chi connectivity index (χ1n) is 8.34. The molecule has 0 bridgehead atoms. The Hall–Kier alpha value is -2.24. The first-order chi connectivity index (χ1) is 11.3. The average Bonchev–Trinajstić information content (AvgIpc) is 2.43. The minimum absolute atomic E-state index is 0.0628. The number of ether oxygens (including phenoxy) is 2. The topological polar surface area (TPSA) is 67.9 Å². The second-order valence-electron chi connectivity index (χ2n) is 7.43. The van der Waals surface area contributed by atoms with Crippen LogP contribution in [0.25, 0.3) is 0 Å². The number of likely N-dealkylation sites (tertiary alicyclic amines) is 1. The summed E-state index contributed by atoms with van der Waals surface area (Å²) in [5.41, 5.74) is 1.52. The third-order valence-electron chi connectivity index (χ3n) is 4.07. The molecule has 130 valence electrons. The zero-order valence-electron chi connectivity index (χ0n) is 14.4. The quantitative estimate of drug-likeness (QED) is 0.924. The van der Waals surface area contributed by atoms with E-state index in [1.54, 1.807) is 4.90 Å². The monoisotopic (exact) mass is 332 g/mol. The molecule has 3 rings (SSSR count). The number of hydrogen-bond donors (Lipinski definition) is 1. The highest BCUT2D eigenvalue weighted by molar-refractivity contribution is 5.93. The number of carbonyl (C=O) groups is 2. The molecule has 0 saturated carbocycles. The Morgan fingerprint density at radius 2 is 2.04 bits per heavy atom. The maximum Gasteiger partial charge on any atom is 0.410 e. The predicted octanol–water partition coefficient (Wildman–Crippen LogP) is 2.82. The van der Waals surface area contributed by atoms with Gasteiger partial charge >= 0.3 is 6.09 Å². The maximum atomic E-state index is 11.9. The number of hydrogen-bond acceptors (Lipinski definition) is 4. The molecule has 2 aliphatic heterocycles. The molecule has 0 atom stereocenters. The average molecular weight is 332 g/mol. The van der Waals surface area contributed by atoms with E-state index in [0.29, 0.717) is 32.0 Å². The third-order valence-corrected chi connectivity index (χ3v) is 4.07. The van der Waals surface area contributed by atoms with E-state index >= 15 is 0 Å². The minimum atomic E-state index is -0.461. The summed E-state index contributed by atoms with van der Waals surface area (Å²) in [5, 5.41) is 2.86. The van der Waals surface area contributed by atoms with Gasteiger partial charge < -0.3 is 19.7 Å². The van der Waals surface area contributed by atoms with Crippen LogP contribution in [0.2, 0.25) is 0 Å². The number of nitrogens with zero attached hydrogens (tertiary/aromatic N) is 1. The van der Waals surface area contributed by atoms with Gasteiger partial charge in [0, 0.05) is 31.1 Å². The molecule has 1 aromatic rings. The zero-order chi connectivity index (χ0) is 17.3. The highest BCUT2D eigenvalue weighted by Crippen LogP contribution is 2.28. The van der Waals surface area contributed by atoms with Crippen LogP contribution in [0.3, 0.4) is 0 Å². The summed E-state index contributed by atoms with van der Waals surface area (Å²) in [5.74, 6) is 1.20. The lowest BCUT2D eigenvalue weighted by atomic mass is 10.0. The van der Waals surface area contributed by atoms with Crippen LogP contribution in [0.15, 0.2) is 18.2 Å². The molecule has 0 aromatic heterocycles. The van der Waals surface area contributed by atoms with Crippen molar-refractivity contribution in [1.29, 1.82) is 0 Å². The molecule has 2 heterocycles. The standard InChI is InChI=1S/C18H24N2O4/c1-18(2,3)24-17(22)20-9-12(10-20)11-23-14-5-6-15-13(8-14)4-7-16(21)19-15/h5-6,8,12H,4,7,9-11H2,1-3H3,(H,19,21). The lowest BCUT2D eigenvalue weighted by Gasteiger charge is -2.39. The third kappa shape index (κ3) is 3.99. The summed E-state index contributed by atoms with van der Waals surface area (Å²) in [6, 6.07) is 5.74. The number of rotatable bonds is 3. The lowest BCUT2D eigenvalue weighted by molar-refractivity contribution is -0.116. The number of benzene rings is 1. The molecule has 2 aliphatic rings. The molecule has 6 nitrogen and oxygen atoms in total. The van der Waals surface area contributed by atoms with Gasteiger partial charge in [0.25, 0.3) is 0 Å². The van der Waals surface area contributed by atoms with E-state index in [9.17, 15) is 9.59 Å². The molecule has 2 amide bonds. The Balaban J connectivity index is 1.45. The molecule has 0 spiro atoms. The molecule has 1 saturated heterocycles. The number of aryl methyl sites for hydroxylation is 1. The molecular formula is C18H24N2O4. The van der Waals surface area contributed by atoms with E-state index in [4.69, 9.17) is 9.47 Å². The molecule has 1 fully saturated rings. The van der Waals surface area contributed by atoms with Gasteiger partial charge in [-0.3, -0.25) is 4.79 Å². The van der Waals surface area contributed by atoms with Crippen molar-refractivity contribution in [3.63, 3.8) is 0 Å². The van der Waals surface area contributed by atoms with Gasteiger partial charge in [0.15, 0.2) is 0 Å². The first kappa shape index (κ1) is 16.6. The molecule has 1 aromatic carbocycles. The van der Waals surface area contributed by atoms with Crippen molar-refractivity contribution >= 4 is 17.7 Å². The summed E-state index contributed by atoms with van der Waals surface area (Å²) in [7, 11) is 0. The number of fused-ring (bicyclic) bond motifs is 1. The van der Waals surface area contributed by atoms with E-state index in [1.165, 1.54) is 0 Å². The van der Waals surface area contributed by atoms with E-state index in [-0.39, 0.29) is 12.0 Å². The fourth-order valence-corrected chi connectivity index (χ4v) is 2.81. The smallest absolute Gasteiger partial charge is 0.410 e. The number of amides is 2. The largest absolute Gasteiger partial charge is 0.493 e. The number of nitrogens with one attached hydrogen (secondary N) is 1. The van der Waals surface area contributed by atoms with Crippen molar-refractivity contribution in [1.82, 2.24) is 4.90 Å². The van der Waals surface area contributed by atoms with E-state index in [1.807, 2.05) is 39.0 Å². The van der Waals surface area contributed by atoms with Crippen molar-refractivity contribution < 1.29 is 19.1 Å². The van der Waals surface area contributed by atoms with Crippen molar-refractivity contribution in [2.45, 2.75) is 39.2 Å². The molecule has 0 radical (unpaired) electrons. The van der Waals surface area contributed by atoms with Crippen molar-refractivity contribution in [3.05, 3.63) is 23.8 Å². The van der Waals surface area contributed by atoms with Crippen LogP contribution in [-0.2, 0) is 16.0 Å². The van der Waals surface area contributed by atoms with Crippen LogP contribution in [0.4, 0.5) is 10.5 Å². The van der Waals surface area contributed by atoms with Gasteiger partial charge in [0.2, 0.25) is 5.91 Å². The van der Waals surface area contributed by atoms with E-state index < -0.39 is 5.60 Å². The highest BCUT2D eigenvalue weighted by atomic mass is 16.6. The molecule has 24 heavy (non-hydrogen) atoms. The van der Waals surface area contributed by atoms with E-state index in [0.717, 1.165) is 23.4 Å². The molecule has 0 aliphatic carbocycles. The van der Waals surface area contributed by atoms with Crippen LogP contribution in [0.1, 0.15) is 32.8 Å². The molecule has 0 unspecified atom stereocenters. The summed E-state index contributed by atoms with van der Waals surface area (Å²) >= 11 is 0. The fourth-order valence-electron chi connectivity index (χ4n) is 2.81. The van der Waals surface area contributed by atoms with Gasteiger partial charge in [-0.25, -0.2) is 4.79 Å². The highest BCUT2D eigenvalue weighted by Gasteiger charge is 2.34. The maximum absolute atomic E-state index is 11.9. The van der Waals surface area contributed by atoms with Gasteiger partial charge in [-0.1, -0.05) is 0 Å². The van der Waals surface area contributed by atoms with Gasteiger partial charge in [0.1, 0.15) is 11.4 Å². The SMILES string of the molecule is CC(C)(C)OC(=O)N1CC(COc2ccc3c(c2)CCC(=O)N3)C1. The summed E-state index contributed by atoms with van der Waals surface area (Å²) in [6.45, 7) is 7.49. The molecule has 6 heteroatoms. The first-order valence-corrected chi connectivity index (χ1v) is 8.34. The van der Waals surface area contributed by atoms with Crippen LogP contribution in [-0.4, -0.2) is 42.2 Å². The summed E-state index contributed by atoms with van der Waals surface area (Å²) in [4.78, 5) is 24.9. The van der Waals surface area contributed by atoms with Crippen LogP contribution in [0, 0.1) is 5.92 Å². The Bertz CT molecular complexity index is 645. The second-order valence-corrected chi connectivity index (χ2v) is 7.43. The zero-order valence-corrected chi connectivity index (χ0v) is 14.4. The second kappa shape index (κ2) is 6.34. The van der Waals surface area contributed by atoms with Gasteiger partial charge in [-0.05, 0) is 51.0 Å². The van der Waals surface area contributed by atoms with Crippen molar-refractivity contribution in [2.75, 3.05) is 25.0 Å². The summed E-state index contributed by atoms with van der Waals surface area (Å²) in [6.07, 6.45) is 1.00. The van der Waals surface area contributed by atoms with E-state index in [2.05, 4.69) is 5.32 Å². The minimum Gasteiger partial charge on any atom is -0.493 e. The lowest BCUT2D eigenvalue weighted by Crippen LogP contribution is -2.53. The Labute approximate surface area is 142 Å². The Kier molecular flexibility index (Phi) is 4.39. The fraction of sp³-hybridized carbons (Fsp3) is 0.556. The molecular weight excluding hydrogens is 308 g/mol. The van der Waals surface area contributed by atoms with Crippen LogP contribution < -0.4 is 10.1 Å².